The summed E-state index contributed by atoms with van der Waals surface area (Å²) in [5.74, 6) is -0.0336. The van der Waals surface area contributed by atoms with Crippen LogP contribution in [-0.2, 0) is 4.79 Å². The third kappa shape index (κ3) is 1.27. The van der Waals surface area contributed by atoms with Crippen LogP contribution in [0, 0.1) is 0 Å². The van der Waals surface area contributed by atoms with E-state index in [1.807, 2.05) is 37.3 Å². The molecule has 0 spiro atoms. The Balaban J connectivity index is 2.30. The Hall–Kier alpha value is -1.77. The number of nitrogens with one attached hydrogen (secondary N) is 1. The first kappa shape index (κ1) is 8.81. The second kappa shape index (κ2) is 3.18. The highest BCUT2D eigenvalue weighted by molar-refractivity contribution is 6.02. The topological polar surface area (TPSA) is 55.1 Å². The third-order valence-electron chi connectivity index (χ3n) is 2.43. The Labute approximate surface area is 82.6 Å². The fourth-order valence-corrected chi connectivity index (χ4v) is 1.58. The van der Waals surface area contributed by atoms with E-state index in [0.717, 1.165) is 11.3 Å². The van der Waals surface area contributed by atoms with Gasteiger partial charge in [-0.3, -0.25) is 4.79 Å². The molecule has 1 aromatic rings. The third-order valence-corrected chi connectivity index (χ3v) is 2.43. The number of allylic oxidation sites excluding steroid dienone is 1. The molecule has 0 aromatic heterocycles. The molecule has 0 bridgehead atoms. The maximum absolute atomic E-state index is 11.7. The van der Waals surface area contributed by atoms with Gasteiger partial charge in [0.1, 0.15) is 6.04 Å². The van der Waals surface area contributed by atoms with Crippen LogP contribution in [0.1, 0.15) is 18.5 Å². The molecule has 72 valence electrons. The lowest BCUT2D eigenvalue weighted by Gasteiger charge is -2.10. The molecule has 1 aromatic carbocycles. The Morgan fingerprint density at radius 2 is 1.93 bits per heavy atom. The van der Waals surface area contributed by atoms with Crippen molar-refractivity contribution in [2.45, 2.75) is 13.0 Å². The summed E-state index contributed by atoms with van der Waals surface area (Å²) in [5, 5.41) is 3.07. The van der Waals surface area contributed by atoms with Gasteiger partial charge in [0.15, 0.2) is 0 Å². The monoisotopic (exact) mass is 188 g/mol. The highest BCUT2D eigenvalue weighted by Gasteiger charge is 2.29. The highest BCUT2D eigenvalue weighted by atomic mass is 16.1. The van der Waals surface area contributed by atoms with Crippen LogP contribution in [0.25, 0.3) is 0 Å². The van der Waals surface area contributed by atoms with Gasteiger partial charge in [-0.25, -0.2) is 0 Å². The average Bonchev–Trinajstić information content (AvgIpc) is 2.47. The number of carbonyl (C=O) groups excluding carboxylic acids is 1. The summed E-state index contributed by atoms with van der Waals surface area (Å²) in [4.78, 5) is 11.7. The van der Waals surface area contributed by atoms with Crippen molar-refractivity contribution in [2.75, 3.05) is 0 Å². The molecule has 1 unspecified atom stereocenters. The molecule has 0 radical (unpaired) electrons. The molecule has 1 heterocycles. The Morgan fingerprint density at radius 1 is 1.29 bits per heavy atom. The zero-order valence-electron chi connectivity index (χ0n) is 7.95. The van der Waals surface area contributed by atoms with E-state index in [2.05, 4.69) is 5.32 Å². The van der Waals surface area contributed by atoms with Crippen molar-refractivity contribution in [1.29, 1.82) is 0 Å². The van der Waals surface area contributed by atoms with Gasteiger partial charge in [-0.15, -0.1) is 0 Å². The minimum Gasteiger partial charge on any atom is -0.394 e. The molecule has 0 saturated heterocycles. The van der Waals surface area contributed by atoms with Crippen molar-refractivity contribution < 1.29 is 4.79 Å². The number of carbonyl (C=O) groups is 1. The summed E-state index contributed by atoms with van der Waals surface area (Å²) in [6.45, 7) is 1.82. The zero-order valence-corrected chi connectivity index (χ0v) is 7.95. The summed E-state index contributed by atoms with van der Waals surface area (Å²) in [6.07, 6.45) is 0. The summed E-state index contributed by atoms with van der Waals surface area (Å²) >= 11 is 0. The molecule has 1 aliphatic rings. The molecule has 2 rings (SSSR count). The molecule has 1 atom stereocenters. The number of benzene rings is 1. The van der Waals surface area contributed by atoms with Crippen molar-refractivity contribution in [3.05, 3.63) is 47.3 Å². The van der Waals surface area contributed by atoms with E-state index < -0.39 is 0 Å². The maximum atomic E-state index is 11.7. The van der Waals surface area contributed by atoms with Crippen molar-refractivity contribution in [1.82, 2.24) is 5.32 Å². The largest absolute Gasteiger partial charge is 0.394 e. The lowest BCUT2D eigenvalue weighted by Crippen LogP contribution is -2.20. The normalized spacial score (nSPS) is 21.2. The van der Waals surface area contributed by atoms with Gasteiger partial charge in [-0.05, 0) is 12.5 Å². The van der Waals surface area contributed by atoms with Gasteiger partial charge in [0.05, 0.1) is 5.70 Å². The number of Topliss-reactive ketones (excluding diaryl/α,β-unsaturated/α-hetero) is 1. The van der Waals surface area contributed by atoms with Crippen molar-refractivity contribution in [3.63, 3.8) is 0 Å². The van der Waals surface area contributed by atoms with E-state index in [0.29, 0.717) is 5.70 Å². The minimum absolute atomic E-state index is 0.0336. The van der Waals surface area contributed by atoms with Crippen LogP contribution >= 0.6 is 0 Å². The smallest absolute Gasteiger partial charge is 0.206 e. The van der Waals surface area contributed by atoms with Gasteiger partial charge in [0.2, 0.25) is 5.78 Å². The van der Waals surface area contributed by atoms with Crippen molar-refractivity contribution in [2.24, 2.45) is 5.73 Å². The summed E-state index contributed by atoms with van der Waals surface area (Å²) in [6, 6.07) is 9.29. The van der Waals surface area contributed by atoms with Crippen molar-refractivity contribution >= 4 is 5.78 Å². The van der Waals surface area contributed by atoms with Crippen LogP contribution in [0.5, 0.6) is 0 Å². The standard InChI is InChI=1S/C11H12N2O/c1-7-9(12)11(14)10(13-7)8-5-3-2-4-6-8/h2-6,10,13H,12H2,1H3. The van der Waals surface area contributed by atoms with E-state index in [-0.39, 0.29) is 11.8 Å². The van der Waals surface area contributed by atoms with Crippen LogP contribution < -0.4 is 11.1 Å². The second-order valence-electron chi connectivity index (χ2n) is 3.39. The summed E-state index contributed by atoms with van der Waals surface area (Å²) in [7, 11) is 0. The molecule has 0 amide bonds. The molecule has 0 saturated carbocycles. The lowest BCUT2D eigenvalue weighted by atomic mass is 10.0. The molecular formula is C11H12N2O. The highest BCUT2D eigenvalue weighted by Crippen LogP contribution is 2.23. The van der Waals surface area contributed by atoms with Gasteiger partial charge in [-0.2, -0.15) is 0 Å². The first-order valence-corrected chi connectivity index (χ1v) is 4.52. The van der Waals surface area contributed by atoms with Crippen LogP contribution in [-0.4, -0.2) is 5.78 Å². The fraction of sp³-hybridized carbons (Fsp3) is 0.182. The number of hydrogen-bond acceptors (Lipinski definition) is 3. The molecule has 3 nitrogen and oxygen atoms in total. The second-order valence-corrected chi connectivity index (χ2v) is 3.39. The Bertz CT molecular complexity index is 395. The Morgan fingerprint density at radius 3 is 2.43 bits per heavy atom. The SMILES string of the molecule is CC1=C(N)C(=O)C(c2ccccc2)N1. The van der Waals surface area contributed by atoms with Crippen LogP contribution in [0.3, 0.4) is 0 Å². The molecular weight excluding hydrogens is 176 g/mol. The van der Waals surface area contributed by atoms with E-state index in [9.17, 15) is 4.79 Å². The number of hydrogen-bond donors (Lipinski definition) is 2. The van der Waals surface area contributed by atoms with E-state index in [1.165, 1.54) is 0 Å². The minimum atomic E-state index is -0.295. The number of nitrogens with two attached hydrogens (primary N) is 1. The molecule has 3 heteroatoms. The fourth-order valence-electron chi connectivity index (χ4n) is 1.58. The molecule has 0 fully saturated rings. The van der Waals surface area contributed by atoms with E-state index >= 15 is 0 Å². The van der Waals surface area contributed by atoms with Crippen LogP contribution in [0.4, 0.5) is 0 Å². The molecule has 1 aliphatic heterocycles. The van der Waals surface area contributed by atoms with Gasteiger partial charge in [0.25, 0.3) is 0 Å². The van der Waals surface area contributed by atoms with Crippen LogP contribution in [0.2, 0.25) is 0 Å². The number of rotatable bonds is 1. The van der Waals surface area contributed by atoms with Gasteiger partial charge < -0.3 is 11.1 Å². The predicted molar refractivity (Wildman–Crippen MR) is 54.2 cm³/mol. The van der Waals surface area contributed by atoms with Crippen molar-refractivity contribution in [3.8, 4) is 0 Å². The van der Waals surface area contributed by atoms with E-state index in [4.69, 9.17) is 5.73 Å². The maximum Gasteiger partial charge on any atom is 0.206 e. The van der Waals surface area contributed by atoms with Gasteiger partial charge in [0, 0.05) is 5.70 Å². The predicted octanol–water partition coefficient (Wildman–Crippen LogP) is 1.09. The quantitative estimate of drug-likeness (QED) is 0.693. The van der Waals surface area contributed by atoms with Crippen LogP contribution in [0.15, 0.2) is 41.7 Å². The van der Waals surface area contributed by atoms with Gasteiger partial charge in [-0.1, -0.05) is 30.3 Å². The molecule has 3 N–H and O–H groups in total. The number of ketones is 1. The summed E-state index contributed by atoms with van der Waals surface area (Å²) < 4.78 is 0. The molecule has 14 heavy (non-hydrogen) atoms. The van der Waals surface area contributed by atoms with Gasteiger partial charge >= 0.3 is 0 Å². The first-order chi connectivity index (χ1) is 6.70. The van der Waals surface area contributed by atoms with E-state index in [1.54, 1.807) is 0 Å². The summed E-state index contributed by atoms with van der Waals surface area (Å²) in [5.41, 5.74) is 7.69. The Kier molecular flexibility index (Phi) is 2.00. The molecule has 0 aliphatic carbocycles. The average molecular weight is 188 g/mol. The zero-order chi connectivity index (χ0) is 10.1. The lowest BCUT2D eigenvalue weighted by molar-refractivity contribution is -0.116. The first-order valence-electron chi connectivity index (χ1n) is 4.52.